The number of ether oxygens (including phenoxy) is 1. The Morgan fingerprint density at radius 3 is 2.67 bits per heavy atom. The molecule has 1 aliphatic rings. The van der Waals surface area contributed by atoms with Gasteiger partial charge < -0.3 is 9.64 Å². The number of carbonyl (C=O) groups excluding carboxylic acids is 1. The van der Waals surface area contributed by atoms with E-state index in [-0.39, 0.29) is 12.1 Å². The summed E-state index contributed by atoms with van der Waals surface area (Å²) >= 11 is 1.82. The topological polar surface area (TPSA) is 29.5 Å². The van der Waals surface area contributed by atoms with Gasteiger partial charge in [-0.25, -0.2) is 4.79 Å². The number of nitrogens with zero attached hydrogens (tertiary/aromatic N) is 1. The molecule has 4 heteroatoms. The van der Waals surface area contributed by atoms with Crippen LogP contribution in [0.1, 0.15) is 40.0 Å². The lowest BCUT2D eigenvalue weighted by Crippen LogP contribution is -2.47. The molecule has 21 heavy (non-hydrogen) atoms. The van der Waals surface area contributed by atoms with Crippen molar-refractivity contribution in [1.82, 2.24) is 4.90 Å². The molecule has 1 unspecified atom stereocenters. The average Bonchev–Trinajstić information content (AvgIpc) is 2.45. The Balaban J connectivity index is 1.94. The molecular weight excluding hydrogens is 282 g/mol. The Kier molecular flexibility index (Phi) is 5.57. The van der Waals surface area contributed by atoms with E-state index in [9.17, 15) is 4.79 Å². The smallest absolute Gasteiger partial charge is 0.410 e. The SMILES string of the molecule is CC(C)(C)OC(=O)N1CCCCC1CSc1ccccc1. The third-order valence-electron chi connectivity index (χ3n) is 3.44. The normalized spacial score (nSPS) is 19.4. The van der Waals surface area contributed by atoms with Crippen LogP contribution in [-0.4, -0.2) is 34.9 Å². The second-order valence-corrected chi connectivity index (χ2v) is 7.54. The van der Waals surface area contributed by atoms with E-state index in [1.165, 1.54) is 11.3 Å². The van der Waals surface area contributed by atoms with Crippen LogP contribution in [0.25, 0.3) is 0 Å². The first kappa shape index (κ1) is 16.2. The quantitative estimate of drug-likeness (QED) is 0.766. The van der Waals surface area contributed by atoms with Gasteiger partial charge in [-0.2, -0.15) is 0 Å². The van der Waals surface area contributed by atoms with Crippen molar-refractivity contribution in [3.05, 3.63) is 30.3 Å². The van der Waals surface area contributed by atoms with Crippen LogP contribution in [0.4, 0.5) is 4.79 Å². The molecule has 1 aliphatic heterocycles. The van der Waals surface area contributed by atoms with Gasteiger partial charge in [-0.05, 0) is 52.2 Å². The maximum atomic E-state index is 12.3. The van der Waals surface area contributed by atoms with E-state index in [4.69, 9.17) is 4.74 Å². The molecule has 0 aliphatic carbocycles. The molecule has 0 N–H and O–H groups in total. The number of hydrogen-bond acceptors (Lipinski definition) is 3. The highest BCUT2D eigenvalue weighted by Crippen LogP contribution is 2.26. The molecule has 1 fully saturated rings. The largest absolute Gasteiger partial charge is 0.444 e. The third kappa shape index (κ3) is 5.27. The lowest BCUT2D eigenvalue weighted by atomic mass is 10.0. The van der Waals surface area contributed by atoms with E-state index in [2.05, 4.69) is 24.3 Å². The van der Waals surface area contributed by atoms with Crippen LogP contribution in [0.5, 0.6) is 0 Å². The number of benzene rings is 1. The number of thioether (sulfide) groups is 1. The van der Waals surface area contributed by atoms with Crippen molar-refractivity contribution in [2.24, 2.45) is 0 Å². The van der Waals surface area contributed by atoms with Crippen molar-refractivity contribution in [2.45, 2.75) is 56.6 Å². The molecule has 1 amide bonds. The Morgan fingerprint density at radius 2 is 2.00 bits per heavy atom. The second kappa shape index (κ2) is 7.21. The predicted octanol–water partition coefficient (Wildman–Crippen LogP) is 4.57. The fourth-order valence-corrected chi connectivity index (χ4v) is 3.52. The minimum atomic E-state index is -0.425. The predicted molar refractivity (Wildman–Crippen MR) is 87.7 cm³/mol. The molecule has 0 saturated carbocycles. The number of amides is 1. The van der Waals surface area contributed by atoms with Gasteiger partial charge in [0.25, 0.3) is 0 Å². The highest BCUT2D eigenvalue weighted by Gasteiger charge is 2.30. The first-order chi connectivity index (χ1) is 9.96. The van der Waals surface area contributed by atoms with E-state index >= 15 is 0 Å². The summed E-state index contributed by atoms with van der Waals surface area (Å²) in [5.74, 6) is 0.934. The van der Waals surface area contributed by atoms with Gasteiger partial charge in [0.05, 0.1) is 0 Å². The van der Waals surface area contributed by atoms with Crippen molar-refractivity contribution < 1.29 is 9.53 Å². The van der Waals surface area contributed by atoms with Crippen molar-refractivity contribution >= 4 is 17.9 Å². The van der Waals surface area contributed by atoms with Gasteiger partial charge in [0.2, 0.25) is 0 Å². The summed E-state index contributed by atoms with van der Waals surface area (Å²) in [7, 11) is 0. The number of carbonyl (C=O) groups is 1. The zero-order valence-electron chi connectivity index (χ0n) is 13.2. The highest BCUT2D eigenvalue weighted by atomic mass is 32.2. The van der Waals surface area contributed by atoms with E-state index in [1.54, 1.807) is 0 Å². The molecular formula is C17H25NO2S. The van der Waals surface area contributed by atoms with Crippen LogP contribution in [0.3, 0.4) is 0 Å². The number of piperidine rings is 1. The van der Waals surface area contributed by atoms with Crippen LogP contribution < -0.4 is 0 Å². The van der Waals surface area contributed by atoms with E-state index < -0.39 is 5.60 Å². The molecule has 116 valence electrons. The lowest BCUT2D eigenvalue weighted by molar-refractivity contribution is 0.0126. The van der Waals surface area contributed by atoms with Gasteiger partial charge in [0.15, 0.2) is 0 Å². The molecule has 0 aromatic heterocycles. The maximum Gasteiger partial charge on any atom is 0.410 e. The van der Waals surface area contributed by atoms with E-state index in [1.807, 2.05) is 43.5 Å². The Labute approximate surface area is 132 Å². The molecule has 0 radical (unpaired) electrons. The van der Waals surface area contributed by atoms with Crippen LogP contribution >= 0.6 is 11.8 Å². The van der Waals surface area contributed by atoms with Gasteiger partial charge in [-0.15, -0.1) is 11.8 Å². The summed E-state index contributed by atoms with van der Waals surface area (Å²) < 4.78 is 5.54. The third-order valence-corrected chi connectivity index (χ3v) is 4.60. The van der Waals surface area contributed by atoms with Crippen molar-refractivity contribution in [1.29, 1.82) is 0 Å². The first-order valence-corrected chi connectivity index (χ1v) is 8.62. The number of rotatable bonds is 3. The first-order valence-electron chi connectivity index (χ1n) is 7.63. The zero-order valence-corrected chi connectivity index (χ0v) is 14.0. The average molecular weight is 307 g/mol. The minimum Gasteiger partial charge on any atom is -0.444 e. The molecule has 3 nitrogen and oxygen atoms in total. The van der Waals surface area contributed by atoms with Gasteiger partial charge in [-0.3, -0.25) is 0 Å². The van der Waals surface area contributed by atoms with Crippen LogP contribution in [0, 0.1) is 0 Å². The molecule has 2 rings (SSSR count). The summed E-state index contributed by atoms with van der Waals surface area (Å²) in [4.78, 5) is 15.5. The van der Waals surface area contributed by atoms with Crippen molar-refractivity contribution in [3.8, 4) is 0 Å². The second-order valence-electron chi connectivity index (χ2n) is 6.45. The number of likely N-dealkylation sites (tertiary alicyclic amines) is 1. The van der Waals surface area contributed by atoms with Gasteiger partial charge >= 0.3 is 6.09 Å². The summed E-state index contributed by atoms with van der Waals surface area (Å²) in [5, 5.41) is 0. The van der Waals surface area contributed by atoms with Crippen LogP contribution in [0.15, 0.2) is 35.2 Å². The summed E-state index contributed by atoms with van der Waals surface area (Å²) in [6.07, 6.45) is 3.17. The summed E-state index contributed by atoms with van der Waals surface area (Å²) in [6, 6.07) is 10.6. The molecule has 1 saturated heterocycles. The van der Waals surface area contributed by atoms with Crippen molar-refractivity contribution in [2.75, 3.05) is 12.3 Å². The fourth-order valence-electron chi connectivity index (χ4n) is 2.44. The fraction of sp³-hybridized carbons (Fsp3) is 0.588. The molecule has 0 spiro atoms. The zero-order chi connectivity index (χ0) is 15.3. The minimum absolute atomic E-state index is 0.166. The number of hydrogen-bond donors (Lipinski definition) is 0. The Bertz CT molecular complexity index is 456. The van der Waals surface area contributed by atoms with E-state index in [0.717, 1.165) is 25.1 Å². The lowest BCUT2D eigenvalue weighted by Gasteiger charge is -2.36. The Hall–Kier alpha value is -1.16. The maximum absolute atomic E-state index is 12.3. The Morgan fingerprint density at radius 1 is 1.29 bits per heavy atom. The van der Waals surface area contributed by atoms with E-state index in [0.29, 0.717) is 0 Å². The molecule has 1 aromatic carbocycles. The van der Waals surface area contributed by atoms with Crippen LogP contribution in [-0.2, 0) is 4.74 Å². The summed E-state index contributed by atoms with van der Waals surface area (Å²) in [6.45, 7) is 6.57. The molecule has 1 atom stereocenters. The highest BCUT2D eigenvalue weighted by molar-refractivity contribution is 7.99. The van der Waals surface area contributed by atoms with Gasteiger partial charge in [0.1, 0.15) is 5.60 Å². The molecule has 1 heterocycles. The molecule has 0 bridgehead atoms. The molecule has 1 aromatic rings. The summed E-state index contributed by atoms with van der Waals surface area (Å²) in [5.41, 5.74) is -0.425. The standard InChI is InChI=1S/C17H25NO2S/c1-17(2,3)20-16(19)18-12-8-7-9-14(18)13-21-15-10-5-4-6-11-15/h4-6,10-11,14H,7-9,12-13H2,1-3H3. The van der Waals surface area contributed by atoms with Crippen molar-refractivity contribution in [3.63, 3.8) is 0 Å². The monoisotopic (exact) mass is 307 g/mol. The van der Waals surface area contributed by atoms with Crippen LogP contribution in [0.2, 0.25) is 0 Å². The van der Waals surface area contributed by atoms with Gasteiger partial charge in [0, 0.05) is 23.2 Å². The van der Waals surface area contributed by atoms with Gasteiger partial charge in [-0.1, -0.05) is 18.2 Å².